The second kappa shape index (κ2) is 9.64. The van der Waals surface area contributed by atoms with Crippen LogP contribution < -0.4 is 16.0 Å². The summed E-state index contributed by atoms with van der Waals surface area (Å²) in [5.41, 5.74) is 2.35. The molecule has 0 bridgehead atoms. The molecular weight excluding hydrogens is 326 g/mol. The SMILES string of the molecule is CC(=O)Nc1ccc(C)cc1NC(=O)CC(C)C1CCCNC1.Cl. The first-order valence-electron chi connectivity index (χ1n) is 8.34. The van der Waals surface area contributed by atoms with Crippen LogP contribution in [0.25, 0.3) is 0 Å². The first-order chi connectivity index (χ1) is 11.0. The minimum atomic E-state index is -0.147. The maximum absolute atomic E-state index is 12.4. The first kappa shape index (κ1) is 20.5. The van der Waals surface area contributed by atoms with E-state index in [0.717, 1.165) is 18.7 Å². The van der Waals surface area contributed by atoms with Crippen molar-refractivity contribution >= 4 is 35.6 Å². The van der Waals surface area contributed by atoms with Crippen molar-refractivity contribution in [3.63, 3.8) is 0 Å². The fourth-order valence-electron chi connectivity index (χ4n) is 3.08. The number of nitrogens with one attached hydrogen (secondary N) is 3. The molecule has 2 unspecified atom stereocenters. The Morgan fingerprint density at radius 2 is 2.04 bits per heavy atom. The molecule has 0 saturated carbocycles. The number of halogens is 1. The van der Waals surface area contributed by atoms with Gasteiger partial charge in [-0.05, 0) is 62.4 Å². The highest BCUT2D eigenvalue weighted by Gasteiger charge is 2.22. The van der Waals surface area contributed by atoms with Gasteiger partial charge >= 0.3 is 0 Å². The van der Waals surface area contributed by atoms with Crippen LogP contribution in [-0.4, -0.2) is 24.9 Å². The van der Waals surface area contributed by atoms with Crippen LogP contribution >= 0.6 is 12.4 Å². The molecular formula is C18H28ClN3O2. The van der Waals surface area contributed by atoms with Crippen molar-refractivity contribution in [1.82, 2.24) is 5.32 Å². The second-order valence-electron chi connectivity index (χ2n) is 6.57. The standard InChI is InChI=1S/C18H27N3O2.ClH/c1-12-6-7-16(20-14(3)22)17(9-12)21-18(23)10-13(2)15-5-4-8-19-11-15;/h6-7,9,13,15,19H,4-5,8,10-11H2,1-3H3,(H,20,22)(H,21,23);1H. The topological polar surface area (TPSA) is 70.2 Å². The zero-order chi connectivity index (χ0) is 16.8. The molecule has 1 aromatic rings. The van der Waals surface area contributed by atoms with Gasteiger partial charge in [-0.25, -0.2) is 0 Å². The molecule has 1 aliphatic rings. The number of aryl methyl sites for hydroxylation is 1. The van der Waals surface area contributed by atoms with Crippen LogP contribution in [0.4, 0.5) is 11.4 Å². The number of benzene rings is 1. The lowest BCUT2D eigenvalue weighted by Gasteiger charge is -2.28. The van der Waals surface area contributed by atoms with Crippen LogP contribution in [0.5, 0.6) is 0 Å². The van der Waals surface area contributed by atoms with E-state index in [4.69, 9.17) is 0 Å². The minimum Gasteiger partial charge on any atom is -0.325 e. The number of piperidine rings is 1. The number of rotatable bonds is 5. The Kier molecular flexibility index (Phi) is 8.22. The molecule has 5 nitrogen and oxygen atoms in total. The molecule has 1 saturated heterocycles. The van der Waals surface area contributed by atoms with E-state index in [0.29, 0.717) is 29.6 Å². The molecule has 1 fully saturated rings. The molecule has 2 amide bonds. The van der Waals surface area contributed by atoms with Crippen molar-refractivity contribution in [3.05, 3.63) is 23.8 Å². The molecule has 1 aliphatic heterocycles. The summed E-state index contributed by atoms with van der Waals surface area (Å²) in [4.78, 5) is 23.7. The number of carbonyl (C=O) groups excluding carboxylic acids is 2. The number of hydrogen-bond donors (Lipinski definition) is 3. The third kappa shape index (κ3) is 6.13. The molecule has 3 N–H and O–H groups in total. The van der Waals surface area contributed by atoms with Gasteiger partial charge in [0.05, 0.1) is 11.4 Å². The lowest BCUT2D eigenvalue weighted by molar-refractivity contribution is -0.117. The van der Waals surface area contributed by atoms with Gasteiger partial charge < -0.3 is 16.0 Å². The van der Waals surface area contributed by atoms with Crippen LogP contribution in [0.1, 0.15) is 38.7 Å². The highest BCUT2D eigenvalue weighted by molar-refractivity contribution is 5.99. The average Bonchev–Trinajstić information content (AvgIpc) is 2.50. The van der Waals surface area contributed by atoms with Gasteiger partial charge in [-0.1, -0.05) is 13.0 Å². The summed E-state index contributed by atoms with van der Waals surface area (Å²) >= 11 is 0. The molecule has 0 spiro atoms. The normalized spacial score (nSPS) is 18.2. The highest BCUT2D eigenvalue weighted by Crippen LogP contribution is 2.26. The lowest BCUT2D eigenvalue weighted by Crippen LogP contribution is -2.34. The van der Waals surface area contributed by atoms with Gasteiger partial charge in [-0.3, -0.25) is 9.59 Å². The van der Waals surface area contributed by atoms with Gasteiger partial charge in [-0.15, -0.1) is 12.4 Å². The van der Waals surface area contributed by atoms with Crippen LogP contribution in [0.15, 0.2) is 18.2 Å². The maximum atomic E-state index is 12.4. The van der Waals surface area contributed by atoms with E-state index >= 15 is 0 Å². The van der Waals surface area contributed by atoms with E-state index in [1.165, 1.54) is 19.8 Å². The summed E-state index contributed by atoms with van der Waals surface area (Å²) in [6.07, 6.45) is 2.87. The Balaban J connectivity index is 0.00000288. The molecule has 2 atom stereocenters. The monoisotopic (exact) mass is 353 g/mol. The van der Waals surface area contributed by atoms with E-state index in [2.05, 4.69) is 22.9 Å². The molecule has 0 aliphatic carbocycles. The van der Waals surface area contributed by atoms with E-state index in [9.17, 15) is 9.59 Å². The Hall–Kier alpha value is -1.59. The van der Waals surface area contributed by atoms with Gasteiger partial charge in [-0.2, -0.15) is 0 Å². The summed E-state index contributed by atoms with van der Waals surface area (Å²) in [6.45, 7) is 7.64. The van der Waals surface area contributed by atoms with E-state index in [1.807, 2.05) is 25.1 Å². The molecule has 134 valence electrons. The summed E-state index contributed by atoms with van der Waals surface area (Å²) in [6, 6.07) is 5.62. The zero-order valence-corrected chi connectivity index (χ0v) is 15.5. The van der Waals surface area contributed by atoms with Crippen molar-refractivity contribution in [2.45, 2.75) is 40.0 Å². The highest BCUT2D eigenvalue weighted by atomic mass is 35.5. The van der Waals surface area contributed by atoms with Gasteiger partial charge in [0.1, 0.15) is 0 Å². The van der Waals surface area contributed by atoms with Gasteiger partial charge in [0.15, 0.2) is 0 Å². The van der Waals surface area contributed by atoms with Crippen LogP contribution in [0.2, 0.25) is 0 Å². The fraction of sp³-hybridized carbons (Fsp3) is 0.556. The van der Waals surface area contributed by atoms with Crippen molar-refractivity contribution in [2.75, 3.05) is 23.7 Å². The third-order valence-electron chi connectivity index (χ3n) is 4.41. The smallest absolute Gasteiger partial charge is 0.224 e. The minimum absolute atomic E-state index is 0. The Morgan fingerprint density at radius 3 is 2.67 bits per heavy atom. The summed E-state index contributed by atoms with van der Waals surface area (Å²) in [7, 11) is 0. The molecule has 0 aromatic heterocycles. The van der Waals surface area contributed by atoms with E-state index < -0.39 is 0 Å². The number of hydrogen-bond acceptors (Lipinski definition) is 3. The molecule has 2 rings (SSSR count). The average molecular weight is 354 g/mol. The molecule has 1 aromatic carbocycles. The Labute approximate surface area is 150 Å². The van der Waals surface area contributed by atoms with E-state index in [1.54, 1.807) is 0 Å². The number of carbonyl (C=O) groups is 2. The predicted octanol–water partition coefficient (Wildman–Crippen LogP) is 3.34. The summed E-state index contributed by atoms with van der Waals surface area (Å²) in [5.74, 6) is 0.755. The van der Waals surface area contributed by atoms with Gasteiger partial charge in [0.2, 0.25) is 11.8 Å². The van der Waals surface area contributed by atoms with Crippen LogP contribution in [-0.2, 0) is 9.59 Å². The predicted molar refractivity (Wildman–Crippen MR) is 101 cm³/mol. The maximum Gasteiger partial charge on any atom is 0.224 e. The lowest BCUT2D eigenvalue weighted by atomic mass is 9.85. The zero-order valence-electron chi connectivity index (χ0n) is 14.6. The molecule has 1 heterocycles. The van der Waals surface area contributed by atoms with Crippen molar-refractivity contribution in [3.8, 4) is 0 Å². The van der Waals surface area contributed by atoms with Gasteiger partial charge in [0.25, 0.3) is 0 Å². The quantitative estimate of drug-likeness (QED) is 0.760. The van der Waals surface area contributed by atoms with Crippen molar-refractivity contribution < 1.29 is 9.59 Å². The number of amides is 2. The third-order valence-corrected chi connectivity index (χ3v) is 4.41. The van der Waals surface area contributed by atoms with Crippen LogP contribution in [0, 0.1) is 18.8 Å². The summed E-state index contributed by atoms with van der Waals surface area (Å²) < 4.78 is 0. The molecule has 0 radical (unpaired) electrons. The van der Waals surface area contributed by atoms with Crippen LogP contribution in [0.3, 0.4) is 0 Å². The van der Waals surface area contributed by atoms with Crippen molar-refractivity contribution in [2.24, 2.45) is 11.8 Å². The summed E-state index contributed by atoms with van der Waals surface area (Å²) in [5, 5.41) is 9.11. The first-order valence-corrected chi connectivity index (χ1v) is 8.34. The van der Waals surface area contributed by atoms with Gasteiger partial charge in [0, 0.05) is 13.3 Å². The largest absolute Gasteiger partial charge is 0.325 e. The number of anilines is 2. The second-order valence-corrected chi connectivity index (χ2v) is 6.57. The Bertz CT molecular complexity index is 571. The Morgan fingerprint density at radius 1 is 1.29 bits per heavy atom. The fourth-order valence-corrected chi connectivity index (χ4v) is 3.08. The molecule has 6 heteroatoms. The van der Waals surface area contributed by atoms with Crippen molar-refractivity contribution in [1.29, 1.82) is 0 Å². The van der Waals surface area contributed by atoms with E-state index in [-0.39, 0.29) is 24.2 Å². The molecule has 24 heavy (non-hydrogen) atoms.